The highest BCUT2D eigenvalue weighted by atomic mass is 16.5. The van der Waals surface area contributed by atoms with Crippen molar-refractivity contribution in [2.24, 2.45) is 0 Å². The molecule has 5 nitrogen and oxygen atoms in total. The molecule has 0 saturated heterocycles. The number of fused-ring (bicyclic) bond motifs is 3. The molecular weight excluding hydrogens is 326 g/mol. The number of hydrogen-bond acceptors (Lipinski definition) is 4. The van der Waals surface area contributed by atoms with Gasteiger partial charge in [-0.2, -0.15) is 5.26 Å². The largest absolute Gasteiger partial charge is 0.497 e. The van der Waals surface area contributed by atoms with Crippen LogP contribution in [0.15, 0.2) is 53.3 Å². The normalized spacial score (nSPS) is 11.5. The van der Waals surface area contributed by atoms with Gasteiger partial charge in [0.15, 0.2) is 0 Å². The van der Waals surface area contributed by atoms with E-state index in [1.54, 1.807) is 7.11 Å². The minimum atomic E-state index is -0.136. The van der Waals surface area contributed by atoms with Crippen LogP contribution in [0.5, 0.6) is 5.75 Å². The van der Waals surface area contributed by atoms with Gasteiger partial charge in [0.1, 0.15) is 23.2 Å². The Bertz CT molecular complexity index is 1110. The van der Waals surface area contributed by atoms with Gasteiger partial charge < -0.3 is 10.5 Å². The van der Waals surface area contributed by atoms with Crippen LogP contribution in [0, 0.1) is 11.3 Å². The summed E-state index contributed by atoms with van der Waals surface area (Å²) in [5, 5.41) is 9.70. The molecule has 1 aromatic heterocycles. The van der Waals surface area contributed by atoms with Crippen molar-refractivity contribution in [1.29, 1.82) is 5.26 Å². The first-order valence-corrected chi connectivity index (χ1v) is 8.30. The summed E-state index contributed by atoms with van der Waals surface area (Å²) in [6.07, 6.45) is 0.530. The van der Waals surface area contributed by atoms with E-state index in [2.05, 4.69) is 6.07 Å². The summed E-state index contributed by atoms with van der Waals surface area (Å²) in [6, 6.07) is 17.4. The lowest BCUT2D eigenvalue weighted by Gasteiger charge is -2.15. The summed E-state index contributed by atoms with van der Waals surface area (Å²) in [4.78, 5) is 13.1. The Hall–Kier alpha value is -3.52. The minimum Gasteiger partial charge on any atom is -0.497 e. The average molecular weight is 343 g/mol. The van der Waals surface area contributed by atoms with Gasteiger partial charge in [0.25, 0.3) is 5.56 Å². The maximum atomic E-state index is 13.1. The minimum absolute atomic E-state index is 0.136. The van der Waals surface area contributed by atoms with Crippen LogP contribution in [-0.4, -0.2) is 11.7 Å². The molecule has 0 bridgehead atoms. The molecule has 1 aliphatic rings. The molecule has 26 heavy (non-hydrogen) atoms. The number of pyridine rings is 1. The fourth-order valence-electron chi connectivity index (χ4n) is 3.55. The van der Waals surface area contributed by atoms with Gasteiger partial charge in [-0.25, -0.2) is 0 Å². The standard InChI is InChI=1S/C21H17N3O2/c1-26-15-8-6-13(7-9-15)12-24-20(23)18(11-22)19-16-5-3-2-4-14(16)10-17(19)21(24)25/h2-9H,10,12,23H2,1H3. The summed E-state index contributed by atoms with van der Waals surface area (Å²) in [5.41, 5.74) is 10.7. The molecule has 2 N–H and O–H groups in total. The molecule has 2 aromatic carbocycles. The van der Waals surface area contributed by atoms with Crippen LogP contribution in [-0.2, 0) is 13.0 Å². The smallest absolute Gasteiger partial charge is 0.256 e. The lowest BCUT2D eigenvalue weighted by Crippen LogP contribution is -2.27. The van der Waals surface area contributed by atoms with E-state index in [1.165, 1.54) is 4.57 Å². The summed E-state index contributed by atoms with van der Waals surface area (Å²) in [6.45, 7) is 0.312. The molecule has 0 amide bonds. The zero-order chi connectivity index (χ0) is 18.3. The Labute approximate surface area is 150 Å². The number of anilines is 1. The Morgan fingerprint density at radius 1 is 1.19 bits per heavy atom. The van der Waals surface area contributed by atoms with E-state index in [9.17, 15) is 10.1 Å². The van der Waals surface area contributed by atoms with Gasteiger partial charge in [-0.15, -0.1) is 0 Å². The summed E-state index contributed by atoms with van der Waals surface area (Å²) >= 11 is 0. The topological polar surface area (TPSA) is 81.0 Å². The van der Waals surface area contributed by atoms with Gasteiger partial charge in [-0.05, 0) is 28.8 Å². The molecular formula is C21H17N3O2. The Morgan fingerprint density at radius 2 is 1.92 bits per heavy atom. The number of rotatable bonds is 3. The van der Waals surface area contributed by atoms with Crippen molar-refractivity contribution in [1.82, 2.24) is 4.57 Å². The number of nitrogens with zero attached hydrogens (tertiary/aromatic N) is 2. The molecule has 0 unspecified atom stereocenters. The number of nitrogen functional groups attached to an aromatic ring is 1. The monoisotopic (exact) mass is 343 g/mol. The Morgan fingerprint density at radius 3 is 2.62 bits per heavy atom. The number of hydrogen-bond donors (Lipinski definition) is 1. The second-order valence-electron chi connectivity index (χ2n) is 6.30. The highest BCUT2D eigenvalue weighted by Crippen LogP contribution is 2.38. The van der Waals surface area contributed by atoms with Crippen molar-refractivity contribution in [3.8, 4) is 22.9 Å². The second-order valence-corrected chi connectivity index (χ2v) is 6.30. The third-order valence-electron chi connectivity index (χ3n) is 4.87. The summed E-state index contributed by atoms with van der Waals surface area (Å²) in [7, 11) is 1.61. The van der Waals surface area contributed by atoms with Crippen LogP contribution in [0.3, 0.4) is 0 Å². The van der Waals surface area contributed by atoms with Crippen molar-refractivity contribution in [2.75, 3.05) is 12.8 Å². The Balaban J connectivity index is 1.87. The van der Waals surface area contributed by atoms with Gasteiger partial charge in [0.2, 0.25) is 0 Å². The number of benzene rings is 2. The molecule has 5 heteroatoms. The van der Waals surface area contributed by atoms with E-state index >= 15 is 0 Å². The number of methoxy groups -OCH3 is 1. The van der Waals surface area contributed by atoms with Crippen molar-refractivity contribution in [3.63, 3.8) is 0 Å². The number of aromatic nitrogens is 1. The predicted octanol–water partition coefficient (Wildman–Crippen LogP) is 2.93. The molecule has 0 radical (unpaired) electrons. The van der Waals surface area contributed by atoms with Crippen molar-refractivity contribution < 1.29 is 4.74 Å². The van der Waals surface area contributed by atoms with Crippen LogP contribution in [0.1, 0.15) is 22.3 Å². The summed E-state index contributed by atoms with van der Waals surface area (Å²) < 4.78 is 6.65. The lowest BCUT2D eigenvalue weighted by atomic mass is 10.0. The van der Waals surface area contributed by atoms with Gasteiger partial charge in [-0.1, -0.05) is 36.4 Å². The first kappa shape index (κ1) is 16.0. The van der Waals surface area contributed by atoms with Gasteiger partial charge in [0, 0.05) is 17.5 Å². The first-order chi connectivity index (χ1) is 12.6. The molecule has 0 atom stereocenters. The van der Waals surface area contributed by atoms with Crippen LogP contribution < -0.4 is 16.0 Å². The first-order valence-electron chi connectivity index (χ1n) is 8.30. The van der Waals surface area contributed by atoms with Crippen molar-refractivity contribution in [3.05, 3.63) is 81.1 Å². The second kappa shape index (κ2) is 6.08. The zero-order valence-electron chi connectivity index (χ0n) is 14.3. The number of ether oxygens (including phenoxy) is 1. The van der Waals surface area contributed by atoms with E-state index in [4.69, 9.17) is 10.5 Å². The molecule has 1 heterocycles. The highest BCUT2D eigenvalue weighted by molar-refractivity contribution is 5.84. The molecule has 0 aliphatic heterocycles. The van der Waals surface area contributed by atoms with Crippen molar-refractivity contribution >= 4 is 5.82 Å². The van der Waals surface area contributed by atoms with E-state index in [0.29, 0.717) is 29.7 Å². The average Bonchev–Trinajstić information content (AvgIpc) is 3.06. The zero-order valence-corrected chi connectivity index (χ0v) is 14.3. The summed E-state index contributed by atoms with van der Waals surface area (Å²) in [5.74, 6) is 0.958. The van der Waals surface area contributed by atoms with Crippen LogP contribution >= 0.6 is 0 Å². The van der Waals surface area contributed by atoms with Gasteiger partial charge in [0.05, 0.1) is 13.7 Å². The van der Waals surface area contributed by atoms with Crippen molar-refractivity contribution in [2.45, 2.75) is 13.0 Å². The third-order valence-corrected chi connectivity index (χ3v) is 4.87. The van der Waals surface area contributed by atoms with Gasteiger partial charge >= 0.3 is 0 Å². The highest BCUT2D eigenvalue weighted by Gasteiger charge is 2.28. The maximum absolute atomic E-state index is 13.1. The molecule has 0 fully saturated rings. The number of nitriles is 1. The lowest BCUT2D eigenvalue weighted by molar-refractivity contribution is 0.414. The number of nitrogens with two attached hydrogens (primary N) is 1. The fraction of sp³-hybridized carbons (Fsp3) is 0.143. The van der Waals surface area contributed by atoms with E-state index in [-0.39, 0.29) is 11.4 Å². The Kier molecular flexibility index (Phi) is 3.74. The fourth-order valence-corrected chi connectivity index (χ4v) is 3.55. The predicted molar refractivity (Wildman–Crippen MR) is 100 cm³/mol. The molecule has 0 spiro atoms. The van der Waals surface area contributed by atoms with Crippen LogP contribution in [0.4, 0.5) is 5.82 Å². The SMILES string of the molecule is COc1ccc(Cn2c(N)c(C#N)c3c(c2=O)Cc2ccccc2-3)cc1. The molecule has 128 valence electrons. The molecule has 0 saturated carbocycles. The molecule has 1 aliphatic carbocycles. The van der Waals surface area contributed by atoms with Crippen LogP contribution in [0.2, 0.25) is 0 Å². The molecule has 4 rings (SSSR count). The van der Waals surface area contributed by atoms with Gasteiger partial charge in [-0.3, -0.25) is 9.36 Å². The van der Waals surface area contributed by atoms with E-state index in [1.807, 2.05) is 48.5 Å². The maximum Gasteiger partial charge on any atom is 0.256 e. The molecule has 3 aromatic rings. The van der Waals surface area contributed by atoms with E-state index in [0.717, 1.165) is 22.4 Å². The third kappa shape index (κ3) is 2.35. The van der Waals surface area contributed by atoms with Crippen LogP contribution in [0.25, 0.3) is 11.1 Å². The quantitative estimate of drug-likeness (QED) is 0.620. The van der Waals surface area contributed by atoms with E-state index < -0.39 is 0 Å².